The monoisotopic (exact) mass is 344 g/mol. The number of thioether (sulfide) groups is 1. The Labute approximate surface area is 144 Å². The molecule has 126 valence electrons. The average molecular weight is 344 g/mol. The van der Waals surface area contributed by atoms with Crippen LogP contribution in [0.5, 0.6) is 0 Å². The number of carbonyl (C=O) groups is 1. The minimum atomic E-state index is -0.448. The Balaban J connectivity index is 2.15. The molecule has 0 saturated heterocycles. The predicted molar refractivity (Wildman–Crippen MR) is 98.2 cm³/mol. The van der Waals surface area contributed by atoms with Gasteiger partial charge in [-0.2, -0.15) is 4.98 Å². The SMILES string of the molecule is C=CCn1c(N)cc(=O)nc1S[C@H](C)C(=O)Nc1ccc(C)cc1. The molecular formula is C17H20N4O2S. The summed E-state index contributed by atoms with van der Waals surface area (Å²) in [5.41, 5.74) is 7.27. The quantitative estimate of drug-likeness (QED) is 0.477. The highest BCUT2D eigenvalue weighted by molar-refractivity contribution is 8.00. The van der Waals surface area contributed by atoms with Gasteiger partial charge in [0.2, 0.25) is 5.91 Å². The van der Waals surface area contributed by atoms with E-state index < -0.39 is 10.8 Å². The minimum absolute atomic E-state index is 0.175. The lowest BCUT2D eigenvalue weighted by molar-refractivity contribution is -0.115. The standard InChI is InChI=1S/C17H20N4O2S/c1-4-9-21-14(18)10-15(22)20-17(21)24-12(3)16(23)19-13-7-5-11(2)6-8-13/h4-8,10,12H,1,9,18H2,2-3H3,(H,19,23)/t12-/m1/s1. The summed E-state index contributed by atoms with van der Waals surface area (Å²) in [6.07, 6.45) is 1.66. The molecule has 1 amide bonds. The molecule has 1 heterocycles. The van der Waals surface area contributed by atoms with Crippen molar-refractivity contribution in [2.45, 2.75) is 30.8 Å². The molecule has 0 spiro atoms. The molecule has 1 aromatic heterocycles. The van der Waals surface area contributed by atoms with Gasteiger partial charge < -0.3 is 15.6 Å². The van der Waals surface area contributed by atoms with Crippen LogP contribution in [0.4, 0.5) is 11.5 Å². The van der Waals surface area contributed by atoms with Gasteiger partial charge in [0.25, 0.3) is 5.56 Å². The van der Waals surface area contributed by atoms with E-state index in [1.165, 1.54) is 17.8 Å². The number of hydrogen-bond donors (Lipinski definition) is 2. The fourth-order valence-electron chi connectivity index (χ4n) is 2.00. The van der Waals surface area contributed by atoms with Crippen LogP contribution < -0.4 is 16.6 Å². The fraction of sp³-hybridized carbons (Fsp3) is 0.235. The molecule has 3 N–H and O–H groups in total. The Hall–Kier alpha value is -2.54. The van der Waals surface area contributed by atoms with Crippen molar-refractivity contribution < 1.29 is 4.79 Å². The number of aromatic nitrogens is 2. The maximum atomic E-state index is 12.3. The lowest BCUT2D eigenvalue weighted by Gasteiger charge is -2.16. The minimum Gasteiger partial charge on any atom is -0.385 e. The maximum absolute atomic E-state index is 12.3. The molecule has 0 fully saturated rings. The zero-order valence-electron chi connectivity index (χ0n) is 13.7. The molecule has 0 radical (unpaired) electrons. The van der Waals surface area contributed by atoms with Gasteiger partial charge in [-0.3, -0.25) is 9.59 Å². The molecule has 0 saturated carbocycles. The number of rotatable bonds is 6. The number of nitrogens with two attached hydrogens (primary N) is 1. The summed E-state index contributed by atoms with van der Waals surface area (Å²) in [4.78, 5) is 27.9. The summed E-state index contributed by atoms with van der Waals surface area (Å²) in [5.74, 6) is 0.120. The molecule has 1 aromatic carbocycles. The van der Waals surface area contributed by atoms with Crippen LogP contribution in [0.1, 0.15) is 12.5 Å². The van der Waals surface area contributed by atoms with Crippen molar-refractivity contribution in [3.63, 3.8) is 0 Å². The zero-order chi connectivity index (χ0) is 17.7. The molecule has 24 heavy (non-hydrogen) atoms. The van der Waals surface area contributed by atoms with Crippen molar-refractivity contribution in [1.82, 2.24) is 9.55 Å². The first-order valence-electron chi connectivity index (χ1n) is 7.43. The summed E-state index contributed by atoms with van der Waals surface area (Å²) in [5, 5.41) is 2.79. The van der Waals surface area contributed by atoms with Crippen LogP contribution in [0, 0.1) is 6.92 Å². The van der Waals surface area contributed by atoms with E-state index in [1.54, 1.807) is 17.6 Å². The molecule has 0 aliphatic rings. The normalized spacial score (nSPS) is 11.8. The first-order chi connectivity index (χ1) is 11.4. The third-order valence-electron chi connectivity index (χ3n) is 3.30. The second-order valence-corrected chi connectivity index (χ2v) is 6.62. The molecule has 2 rings (SSSR count). The van der Waals surface area contributed by atoms with E-state index in [0.29, 0.717) is 17.5 Å². The van der Waals surface area contributed by atoms with Gasteiger partial charge in [0.15, 0.2) is 5.16 Å². The lowest BCUT2D eigenvalue weighted by Crippen LogP contribution is -2.25. The molecule has 6 nitrogen and oxygen atoms in total. The molecule has 2 aromatic rings. The zero-order valence-corrected chi connectivity index (χ0v) is 14.5. The van der Waals surface area contributed by atoms with E-state index in [9.17, 15) is 9.59 Å². The number of allylic oxidation sites excluding steroid dienone is 1. The van der Waals surface area contributed by atoms with E-state index in [1.807, 2.05) is 31.2 Å². The van der Waals surface area contributed by atoms with Crippen molar-refractivity contribution >= 4 is 29.2 Å². The Kier molecular flexibility index (Phi) is 5.81. The Morgan fingerprint density at radius 1 is 1.46 bits per heavy atom. The van der Waals surface area contributed by atoms with Crippen LogP contribution in [0.2, 0.25) is 0 Å². The van der Waals surface area contributed by atoms with Gasteiger partial charge in [-0.15, -0.1) is 6.58 Å². The Morgan fingerprint density at radius 3 is 2.75 bits per heavy atom. The van der Waals surface area contributed by atoms with Crippen molar-refractivity contribution in [2.75, 3.05) is 11.1 Å². The van der Waals surface area contributed by atoms with E-state index in [2.05, 4.69) is 16.9 Å². The largest absolute Gasteiger partial charge is 0.385 e. The van der Waals surface area contributed by atoms with Gasteiger partial charge in [0.1, 0.15) is 5.82 Å². The van der Waals surface area contributed by atoms with Crippen LogP contribution in [0.15, 0.2) is 52.9 Å². The summed E-state index contributed by atoms with van der Waals surface area (Å²) >= 11 is 1.18. The third kappa shape index (κ3) is 4.48. The average Bonchev–Trinajstić information content (AvgIpc) is 2.52. The molecule has 0 aliphatic heterocycles. The fourth-order valence-corrected chi connectivity index (χ4v) is 2.93. The first-order valence-corrected chi connectivity index (χ1v) is 8.31. The highest BCUT2D eigenvalue weighted by Crippen LogP contribution is 2.23. The summed E-state index contributed by atoms with van der Waals surface area (Å²) < 4.78 is 1.65. The summed E-state index contributed by atoms with van der Waals surface area (Å²) in [6, 6.07) is 8.79. The first kappa shape index (κ1) is 17.8. The van der Waals surface area contributed by atoms with E-state index in [4.69, 9.17) is 5.73 Å². The van der Waals surface area contributed by atoms with Crippen LogP contribution in [0.25, 0.3) is 0 Å². The number of hydrogen-bond acceptors (Lipinski definition) is 5. The van der Waals surface area contributed by atoms with Crippen LogP contribution in [0.3, 0.4) is 0 Å². The molecule has 0 bridgehead atoms. The summed E-state index contributed by atoms with van der Waals surface area (Å²) in [7, 11) is 0. The van der Waals surface area contributed by atoms with Gasteiger partial charge in [-0.1, -0.05) is 35.5 Å². The highest BCUT2D eigenvalue weighted by Gasteiger charge is 2.18. The number of nitrogen functional groups attached to an aromatic ring is 1. The van der Waals surface area contributed by atoms with E-state index in [-0.39, 0.29) is 5.91 Å². The van der Waals surface area contributed by atoms with Gasteiger partial charge in [-0.05, 0) is 26.0 Å². The lowest BCUT2D eigenvalue weighted by atomic mass is 10.2. The molecule has 7 heteroatoms. The highest BCUT2D eigenvalue weighted by atomic mass is 32.2. The predicted octanol–water partition coefficient (Wildman–Crippen LogP) is 2.44. The number of nitrogens with one attached hydrogen (secondary N) is 1. The number of aryl methyl sites for hydroxylation is 1. The maximum Gasteiger partial charge on any atom is 0.275 e. The number of benzene rings is 1. The van der Waals surface area contributed by atoms with Gasteiger partial charge in [0.05, 0.1) is 5.25 Å². The molecule has 1 atom stereocenters. The van der Waals surface area contributed by atoms with Gasteiger partial charge >= 0.3 is 0 Å². The van der Waals surface area contributed by atoms with Crippen LogP contribution >= 0.6 is 11.8 Å². The topological polar surface area (TPSA) is 90.0 Å². The van der Waals surface area contributed by atoms with Crippen molar-refractivity contribution in [3.05, 3.63) is 58.9 Å². The molecule has 0 aliphatic carbocycles. The number of anilines is 2. The second-order valence-electron chi connectivity index (χ2n) is 5.32. The Morgan fingerprint density at radius 2 is 2.12 bits per heavy atom. The Bertz CT molecular complexity index is 799. The second kappa shape index (κ2) is 7.83. The van der Waals surface area contributed by atoms with Gasteiger partial charge in [-0.25, -0.2) is 0 Å². The van der Waals surface area contributed by atoms with Crippen molar-refractivity contribution in [1.29, 1.82) is 0 Å². The van der Waals surface area contributed by atoms with Crippen LogP contribution in [-0.2, 0) is 11.3 Å². The van der Waals surface area contributed by atoms with E-state index in [0.717, 1.165) is 11.3 Å². The smallest absolute Gasteiger partial charge is 0.275 e. The molecular weight excluding hydrogens is 324 g/mol. The van der Waals surface area contributed by atoms with Crippen molar-refractivity contribution in [3.8, 4) is 0 Å². The van der Waals surface area contributed by atoms with E-state index >= 15 is 0 Å². The summed E-state index contributed by atoms with van der Waals surface area (Å²) in [6.45, 7) is 7.81. The van der Waals surface area contributed by atoms with Gasteiger partial charge in [0, 0.05) is 18.3 Å². The third-order valence-corrected chi connectivity index (χ3v) is 4.39. The van der Waals surface area contributed by atoms with Crippen LogP contribution in [-0.4, -0.2) is 20.7 Å². The number of carbonyl (C=O) groups excluding carboxylic acids is 1. The molecule has 0 unspecified atom stereocenters. The number of amides is 1. The van der Waals surface area contributed by atoms with Crippen molar-refractivity contribution in [2.24, 2.45) is 0 Å². The number of nitrogens with zero attached hydrogens (tertiary/aromatic N) is 2.